The summed E-state index contributed by atoms with van der Waals surface area (Å²) < 4.78 is 5.81. The average molecular weight is 336 g/mol. The minimum absolute atomic E-state index is 0.106. The van der Waals surface area contributed by atoms with E-state index in [1.807, 2.05) is 4.90 Å². The predicted octanol–water partition coefficient (Wildman–Crippen LogP) is 2.99. The van der Waals surface area contributed by atoms with Gasteiger partial charge in [0.15, 0.2) is 0 Å². The normalized spacial score (nSPS) is 17.2. The van der Waals surface area contributed by atoms with Gasteiger partial charge in [-0.1, -0.05) is 30.3 Å². The molecule has 25 heavy (non-hydrogen) atoms. The highest BCUT2D eigenvalue weighted by molar-refractivity contribution is 5.73. The van der Waals surface area contributed by atoms with Gasteiger partial charge in [-0.05, 0) is 35.2 Å². The average Bonchev–Trinajstić information content (AvgIpc) is 2.84. The van der Waals surface area contributed by atoms with Crippen LogP contribution < -0.4 is 4.74 Å². The Morgan fingerprint density at radius 3 is 2.72 bits per heavy atom. The van der Waals surface area contributed by atoms with E-state index in [9.17, 15) is 4.79 Å². The number of rotatable bonds is 2. The third-order valence-electron chi connectivity index (χ3n) is 5.17. The van der Waals surface area contributed by atoms with Crippen LogP contribution in [0.15, 0.2) is 42.5 Å². The Morgan fingerprint density at radius 1 is 1.04 bits per heavy atom. The fourth-order valence-corrected chi connectivity index (χ4v) is 3.76. The lowest BCUT2D eigenvalue weighted by Gasteiger charge is -2.29. The summed E-state index contributed by atoms with van der Waals surface area (Å²) >= 11 is 0. The van der Waals surface area contributed by atoms with Gasteiger partial charge in [-0.3, -0.25) is 9.69 Å². The van der Waals surface area contributed by atoms with E-state index >= 15 is 0 Å². The lowest BCUT2D eigenvalue weighted by molar-refractivity contribution is -0.129. The van der Waals surface area contributed by atoms with Gasteiger partial charge in [-0.25, -0.2) is 0 Å². The maximum Gasteiger partial charge on any atom is 0.219 e. The number of fused-ring (bicyclic) bond motifs is 2. The molecule has 2 aliphatic rings. The first kappa shape index (κ1) is 16.2. The molecule has 0 saturated heterocycles. The molecule has 2 heterocycles. The standard InChI is InChI=1S/C21H24N2O2/c1-16(24)23-10-11-25-21-7-6-17(12-20(21)15-23)13-22-9-8-18-4-2-3-5-19(18)14-22/h2-7,12H,8-11,13-15H2,1H3. The van der Waals surface area contributed by atoms with E-state index in [1.54, 1.807) is 6.92 Å². The Balaban J connectivity index is 1.50. The predicted molar refractivity (Wildman–Crippen MR) is 97.3 cm³/mol. The maximum atomic E-state index is 11.7. The summed E-state index contributed by atoms with van der Waals surface area (Å²) in [6, 6.07) is 15.1. The van der Waals surface area contributed by atoms with E-state index in [2.05, 4.69) is 47.4 Å². The molecular formula is C21H24N2O2. The second-order valence-corrected chi connectivity index (χ2v) is 6.96. The highest BCUT2D eigenvalue weighted by atomic mass is 16.5. The molecule has 0 N–H and O–H groups in total. The highest BCUT2D eigenvalue weighted by Gasteiger charge is 2.19. The van der Waals surface area contributed by atoms with Crippen LogP contribution in [0.25, 0.3) is 0 Å². The summed E-state index contributed by atoms with van der Waals surface area (Å²) in [5, 5.41) is 0. The van der Waals surface area contributed by atoms with E-state index in [0.29, 0.717) is 19.7 Å². The molecule has 0 spiro atoms. The molecule has 0 aliphatic carbocycles. The van der Waals surface area contributed by atoms with Crippen LogP contribution in [0, 0.1) is 0 Å². The Bertz CT molecular complexity index is 787. The first-order chi connectivity index (χ1) is 12.2. The fraction of sp³-hybridized carbons (Fsp3) is 0.381. The lowest BCUT2D eigenvalue weighted by atomic mass is 9.99. The molecule has 1 amide bonds. The molecule has 0 bridgehead atoms. The quantitative estimate of drug-likeness (QED) is 0.845. The highest BCUT2D eigenvalue weighted by Crippen LogP contribution is 2.26. The van der Waals surface area contributed by atoms with Crippen molar-refractivity contribution in [3.63, 3.8) is 0 Å². The van der Waals surface area contributed by atoms with Crippen LogP contribution in [0.3, 0.4) is 0 Å². The minimum Gasteiger partial charge on any atom is -0.491 e. The molecule has 0 atom stereocenters. The van der Waals surface area contributed by atoms with Crippen molar-refractivity contribution in [2.75, 3.05) is 19.7 Å². The van der Waals surface area contributed by atoms with Gasteiger partial charge in [0.25, 0.3) is 0 Å². The number of carbonyl (C=O) groups is 1. The zero-order valence-corrected chi connectivity index (χ0v) is 14.7. The van der Waals surface area contributed by atoms with Gasteiger partial charge in [-0.2, -0.15) is 0 Å². The van der Waals surface area contributed by atoms with Gasteiger partial charge in [0.2, 0.25) is 5.91 Å². The Hall–Kier alpha value is -2.33. The Kier molecular flexibility index (Phi) is 4.45. The van der Waals surface area contributed by atoms with Crippen molar-refractivity contribution in [3.05, 3.63) is 64.7 Å². The maximum absolute atomic E-state index is 11.7. The number of carbonyl (C=O) groups excluding carboxylic acids is 1. The monoisotopic (exact) mass is 336 g/mol. The van der Waals surface area contributed by atoms with E-state index in [4.69, 9.17) is 4.74 Å². The molecule has 4 nitrogen and oxygen atoms in total. The minimum atomic E-state index is 0.106. The van der Waals surface area contributed by atoms with Crippen LogP contribution in [0.1, 0.15) is 29.2 Å². The molecule has 4 heteroatoms. The molecule has 2 aliphatic heterocycles. The summed E-state index contributed by atoms with van der Waals surface area (Å²) in [6.07, 6.45) is 1.11. The number of benzene rings is 2. The molecule has 130 valence electrons. The number of nitrogens with zero attached hydrogens (tertiary/aromatic N) is 2. The summed E-state index contributed by atoms with van der Waals surface area (Å²) in [5.74, 6) is 1.02. The molecule has 0 unspecified atom stereocenters. The van der Waals surface area contributed by atoms with Gasteiger partial charge in [0.1, 0.15) is 12.4 Å². The summed E-state index contributed by atoms with van der Waals surface area (Å²) in [4.78, 5) is 16.1. The molecule has 2 aromatic rings. The van der Waals surface area contributed by atoms with Crippen molar-refractivity contribution in [1.29, 1.82) is 0 Å². The van der Waals surface area contributed by atoms with Crippen molar-refractivity contribution in [3.8, 4) is 5.75 Å². The van der Waals surface area contributed by atoms with Crippen molar-refractivity contribution < 1.29 is 9.53 Å². The van der Waals surface area contributed by atoms with Crippen LogP contribution >= 0.6 is 0 Å². The van der Waals surface area contributed by atoms with Crippen molar-refractivity contribution in [1.82, 2.24) is 9.80 Å². The second kappa shape index (κ2) is 6.89. The molecule has 0 aromatic heterocycles. The number of hydrogen-bond donors (Lipinski definition) is 0. The Labute approximate surface area is 149 Å². The molecule has 0 fully saturated rings. The second-order valence-electron chi connectivity index (χ2n) is 6.96. The van der Waals surface area contributed by atoms with Gasteiger partial charge < -0.3 is 9.64 Å². The van der Waals surface area contributed by atoms with Gasteiger partial charge in [0.05, 0.1) is 6.54 Å². The largest absolute Gasteiger partial charge is 0.491 e. The van der Waals surface area contributed by atoms with E-state index in [0.717, 1.165) is 37.4 Å². The Morgan fingerprint density at radius 2 is 1.88 bits per heavy atom. The topological polar surface area (TPSA) is 32.8 Å². The molecule has 0 saturated carbocycles. The SMILES string of the molecule is CC(=O)N1CCOc2ccc(CN3CCc4ccccc4C3)cc2C1. The van der Waals surface area contributed by atoms with E-state index in [-0.39, 0.29) is 5.91 Å². The molecule has 0 radical (unpaired) electrons. The zero-order chi connectivity index (χ0) is 17.2. The van der Waals surface area contributed by atoms with Gasteiger partial charge >= 0.3 is 0 Å². The van der Waals surface area contributed by atoms with Crippen LogP contribution in [-0.4, -0.2) is 35.4 Å². The van der Waals surface area contributed by atoms with Crippen LogP contribution in [0.5, 0.6) is 5.75 Å². The van der Waals surface area contributed by atoms with Crippen LogP contribution in [0.4, 0.5) is 0 Å². The van der Waals surface area contributed by atoms with E-state index in [1.165, 1.54) is 16.7 Å². The first-order valence-corrected chi connectivity index (χ1v) is 8.98. The number of amides is 1. The van der Waals surface area contributed by atoms with Crippen LogP contribution in [-0.2, 0) is 30.8 Å². The van der Waals surface area contributed by atoms with E-state index < -0.39 is 0 Å². The van der Waals surface area contributed by atoms with Crippen molar-refractivity contribution in [2.24, 2.45) is 0 Å². The third-order valence-corrected chi connectivity index (χ3v) is 5.17. The van der Waals surface area contributed by atoms with Crippen molar-refractivity contribution in [2.45, 2.75) is 33.0 Å². The third kappa shape index (κ3) is 3.54. The first-order valence-electron chi connectivity index (χ1n) is 8.98. The molecular weight excluding hydrogens is 312 g/mol. The summed E-state index contributed by atoms with van der Waals surface area (Å²) in [5.41, 5.74) is 5.32. The van der Waals surface area contributed by atoms with Gasteiger partial charge in [-0.15, -0.1) is 0 Å². The fourth-order valence-electron chi connectivity index (χ4n) is 3.76. The van der Waals surface area contributed by atoms with Crippen molar-refractivity contribution >= 4 is 5.91 Å². The summed E-state index contributed by atoms with van der Waals surface area (Å²) in [7, 11) is 0. The number of hydrogen-bond acceptors (Lipinski definition) is 3. The van der Waals surface area contributed by atoms with Crippen LogP contribution in [0.2, 0.25) is 0 Å². The molecule has 4 rings (SSSR count). The zero-order valence-electron chi connectivity index (χ0n) is 14.7. The molecule has 2 aromatic carbocycles. The lowest BCUT2D eigenvalue weighted by Crippen LogP contribution is -2.30. The smallest absolute Gasteiger partial charge is 0.219 e. The summed E-state index contributed by atoms with van der Waals surface area (Å²) in [6.45, 7) is 6.51. The van der Waals surface area contributed by atoms with Gasteiger partial charge in [0, 0.05) is 38.7 Å². The number of ether oxygens (including phenoxy) is 1.